The van der Waals surface area contributed by atoms with Gasteiger partial charge in [-0.2, -0.15) is 0 Å². The fourth-order valence-electron chi connectivity index (χ4n) is 1.37. The molecule has 0 bridgehead atoms. The summed E-state index contributed by atoms with van der Waals surface area (Å²) in [6, 6.07) is 5.13. The maximum Gasteiger partial charge on any atom is 0.252 e. The zero-order chi connectivity index (χ0) is 12.3. The minimum absolute atomic E-state index is 0.0429. The van der Waals surface area contributed by atoms with Crippen molar-refractivity contribution in [3.63, 3.8) is 0 Å². The van der Waals surface area contributed by atoms with Gasteiger partial charge in [0.05, 0.1) is 6.04 Å². The summed E-state index contributed by atoms with van der Waals surface area (Å²) in [5.74, 6) is -0.234. The van der Waals surface area contributed by atoms with Gasteiger partial charge in [0.2, 0.25) is 0 Å². The van der Waals surface area contributed by atoms with E-state index in [0.29, 0.717) is 5.56 Å². The molecule has 0 aliphatic rings. The van der Waals surface area contributed by atoms with Gasteiger partial charge in [0.15, 0.2) is 5.78 Å². The smallest absolute Gasteiger partial charge is 0.252 e. The van der Waals surface area contributed by atoms with E-state index in [1.165, 1.54) is 6.92 Å². The van der Waals surface area contributed by atoms with E-state index in [-0.39, 0.29) is 11.7 Å². The van der Waals surface area contributed by atoms with E-state index in [1.807, 2.05) is 26.0 Å². The molecule has 0 aliphatic carbocycles. The Hall–Kier alpha value is -1.64. The van der Waals surface area contributed by atoms with Crippen LogP contribution in [0, 0.1) is 13.8 Å². The van der Waals surface area contributed by atoms with Crippen LogP contribution in [0.3, 0.4) is 0 Å². The van der Waals surface area contributed by atoms with Crippen molar-refractivity contribution >= 4 is 11.7 Å². The number of rotatable bonds is 3. The van der Waals surface area contributed by atoms with Crippen LogP contribution in [0.4, 0.5) is 0 Å². The number of amides is 1. The summed E-state index contributed by atoms with van der Waals surface area (Å²) in [5.41, 5.74) is 2.66. The maximum atomic E-state index is 11.9. The average molecular weight is 219 g/mol. The molecule has 0 saturated heterocycles. The van der Waals surface area contributed by atoms with Crippen molar-refractivity contribution in [2.45, 2.75) is 33.7 Å². The van der Waals surface area contributed by atoms with Crippen LogP contribution in [0.25, 0.3) is 0 Å². The van der Waals surface area contributed by atoms with Crippen LogP contribution < -0.4 is 5.32 Å². The van der Waals surface area contributed by atoms with Crippen LogP contribution in [-0.4, -0.2) is 17.7 Å². The normalized spacial score (nSPS) is 12.0. The second-order valence-corrected chi connectivity index (χ2v) is 4.05. The highest BCUT2D eigenvalue weighted by Gasteiger charge is 2.14. The Bertz CT molecular complexity index is 424. The lowest BCUT2D eigenvalue weighted by Crippen LogP contribution is -2.37. The Kier molecular flexibility index (Phi) is 3.82. The maximum absolute atomic E-state index is 11.9. The van der Waals surface area contributed by atoms with Gasteiger partial charge in [0.1, 0.15) is 0 Å². The molecule has 16 heavy (non-hydrogen) atoms. The third kappa shape index (κ3) is 2.69. The Morgan fingerprint density at radius 2 is 1.88 bits per heavy atom. The van der Waals surface area contributed by atoms with Gasteiger partial charge >= 0.3 is 0 Å². The summed E-state index contributed by atoms with van der Waals surface area (Å²) in [6.07, 6.45) is 0. The van der Waals surface area contributed by atoms with Crippen LogP contribution in [0.1, 0.15) is 35.3 Å². The van der Waals surface area contributed by atoms with Gasteiger partial charge in [-0.25, -0.2) is 0 Å². The predicted molar refractivity (Wildman–Crippen MR) is 63.5 cm³/mol. The standard InChI is InChI=1S/C13H17NO2/c1-8-6-5-7-12(9(8)2)13(16)14-10(3)11(4)15/h5-7,10H,1-4H3,(H,14,16). The van der Waals surface area contributed by atoms with Crippen LogP contribution in [-0.2, 0) is 4.79 Å². The van der Waals surface area contributed by atoms with Gasteiger partial charge in [-0.15, -0.1) is 0 Å². The largest absolute Gasteiger partial charge is 0.343 e. The number of hydrogen-bond donors (Lipinski definition) is 1. The molecule has 0 aromatic heterocycles. The molecule has 0 radical (unpaired) electrons. The minimum atomic E-state index is -0.438. The quantitative estimate of drug-likeness (QED) is 0.845. The molecule has 3 heteroatoms. The second kappa shape index (κ2) is 4.92. The van der Waals surface area contributed by atoms with E-state index in [1.54, 1.807) is 13.0 Å². The number of carbonyl (C=O) groups excluding carboxylic acids is 2. The summed E-state index contributed by atoms with van der Waals surface area (Å²) >= 11 is 0. The van der Waals surface area contributed by atoms with E-state index in [2.05, 4.69) is 5.32 Å². The summed E-state index contributed by atoms with van der Waals surface area (Å²) in [6.45, 7) is 7.02. The molecular formula is C13H17NO2. The van der Waals surface area contributed by atoms with E-state index in [9.17, 15) is 9.59 Å². The molecule has 86 valence electrons. The predicted octanol–water partition coefficient (Wildman–Crippen LogP) is 2.01. The lowest BCUT2D eigenvalue weighted by Gasteiger charge is -2.12. The van der Waals surface area contributed by atoms with Crippen LogP contribution in [0.15, 0.2) is 18.2 Å². The SMILES string of the molecule is CC(=O)C(C)NC(=O)c1cccc(C)c1C. The van der Waals surface area contributed by atoms with Crippen molar-refractivity contribution in [1.82, 2.24) is 5.32 Å². The molecule has 1 amide bonds. The Balaban J connectivity index is 2.89. The Labute approximate surface area is 95.9 Å². The fourth-order valence-corrected chi connectivity index (χ4v) is 1.37. The number of Topliss-reactive ketones (excluding diaryl/α,β-unsaturated/α-hetero) is 1. The molecule has 0 saturated carbocycles. The van der Waals surface area contributed by atoms with Gasteiger partial charge in [0.25, 0.3) is 5.91 Å². The first-order chi connectivity index (χ1) is 7.43. The van der Waals surface area contributed by atoms with E-state index >= 15 is 0 Å². The van der Waals surface area contributed by atoms with Crippen molar-refractivity contribution < 1.29 is 9.59 Å². The first-order valence-corrected chi connectivity index (χ1v) is 5.31. The molecular weight excluding hydrogens is 202 g/mol. The molecule has 1 atom stereocenters. The molecule has 0 spiro atoms. The van der Waals surface area contributed by atoms with Gasteiger partial charge in [-0.1, -0.05) is 12.1 Å². The molecule has 3 nitrogen and oxygen atoms in total. The fraction of sp³-hybridized carbons (Fsp3) is 0.385. The van der Waals surface area contributed by atoms with Crippen LogP contribution in [0.2, 0.25) is 0 Å². The number of nitrogens with one attached hydrogen (secondary N) is 1. The van der Waals surface area contributed by atoms with E-state index in [0.717, 1.165) is 11.1 Å². The first-order valence-electron chi connectivity index (χ1n) is 5.31. The van der Waals surface area contributed by atoms with Gasteiger partial charge in [0, 0.05) is 5.56 Å². The van der Waals surface area contributed by atoms with Crippen molar-refractivity contribution in [2.75, 3.05) is 0 Å². The highest BCUT2D eigenvalue weighted by atomic mass is 16.2. The summed E-state index contributed by atoms with van der Waals surface area (Å²) in [4.78, 5) is 22.9. The summed E-state index contributed by atoms with van der Waals surface area (Å²) in [5, 5.41) is 2.68. The van der Waals surface area contributed by atoms with E-state index < -0.39 is 6.04 Å². The zero-order valence-electron chi connectivity index (χ0n) is 10.1. The minimum Gasteiger partial charge on any atom is -0.343 e. The second-order valence-electron chi connectivity index (χ2n) is 4.05. The molecule has 1 aromatic rings. The lowest BCUT2D eigenvalue weighted by molar-refractivity contribution is -0.118. The van der Waals surface area contributed by atoms with Gasteiger partial charge in [-0.3, -0.25) is 9.59 Å². The third-order valence-electron chi connectivity index (χ3n) is 2.81. The Morgan fingerprint density at radius 3 is 2.44 bits per heavy atom. The average Bonchev–Trinajstić information content (AvgIpc) is 2.21. The van der Waals surface area contributed by atoms with Crippen molar-refractivity contribution in [3.8, 4) is 0 Å². The van der Waals surface area contributed by atoms with E-state index in [4.69, 9.17) is 0 Å². The number of ketones is 1. The monoisotopic (exact) mass is 219 g/mol. The van der Waals surface area contributed by atoms with Crippen molar-refractivity contribution in [1.29, 1.82) is 0 Å². The lowest BCUT2D eigenvalue weighted by atomic mass is 10.0. The summed E-state index contributed by atoms with van der Waals surface area (Å²) < 4.78 is 0. The van der Waals surface area contributed by atoms with Gasteiger partial charge in [-0.05, 0) is 44.9 Å². The molecule has 0 fully saturated rings. The number of carbonyl (C=O) groups is 2. The third-order valence-corrected chi connectivity index (χ3v) is 2.81. The van der Waals surface area contributed by atoms with Gasteiger partial charge < -0.3 is 5.32 Å². The van der Waals surface area contributed by atoms with Crippen molar-refractivity contribution in [3.05, 3.63) is 34.9 Å². The Morgan fingerprint density at radius 1 is 1.25 bits per heavy atom. The topological polar surface area (TPSA) is 46.2 Å². The highest BCUT2D eigenvalue weighted by Crippen LogP contribution is 2.12. The zero-order valence-corrected chi connectivity index (χ0v) is 10.1. The molecule has 1 unspecified atom stereocenters. The molecule has 0 heterocycles. The molecule has 1 aromatic carbocycles. The molecule has 1 rings (SSSR count). The summed E-state index contributed by atoms with van der Waals surface area (Å²) in [7, 11) is 0. The van der Waals surface area contributed by atoms with Crippen molar-refractivity contribution in [2.24, 2.45) is 0 Å². The first kappa shape index (κ1) is 12.4. The highest BCUT2D eigenvalue weighted by molar-refractivity contribution is 5.98. The van der Waals surface area contributed by atoms with Crippen LogP contribution >= 0.6 is 0 Å². The van der Waals surface area contributed by atoms with Crippen LogP contribution in [0.5, 0.6) is 0 Å². The molecule has 0 aliphatic heterocycles. The molecule has 1 N–H and O–H groups in total. The number of benzene rings is 1. The number of aryl methyl sites for hydroxylation is 1. The number of hydrogen-bond acceptors (Lipinski definition) is 2.